The molecule has 1 aromatic carbocycles. The molecule has 0 atom stereocenters. The molecule has 1 aromatic heterocycles. The zero-order valence-electron chi connectivity index (χ0n) is 10.1. The van der Waals surface area contributed by atoms with Gasteiger partial charge < -0.3 is 5.32 Å². The van der Waals surface area contributed by atoms with E-state index in [9.17, 15) is 18.0 Å². The number of benzene rings is 1. The van der Waals surface area contributed by atoms with E-state index < -0.39 is 22.7 Å². The molecule has 0 aliphatic carbocycles. The van der Waals surface area contributed by atoms with Gasteiger partial charge in [-0.05, 0) is 24.6 Å². The van der Waals surface area contributed by atoms with Gasteiger partial charge in [0.2, 0.25) is 0 Å². The van der Waals surface area contributed by atoms with Crippen LogP contribution in [0.2, 0.25) is 5.02 Å². The molecule has 1 heterocycles. The van der Waals surface area contributed by atoms with Gasteiger partial charge in [-0.2, -0.15) is 13.2 Å². The lowest BCUT2D eigenvalue weighted by molar-refractivity contribution is -0.141. The first-order valence-electron chi connectivity index (χ1n) is 5.38. The highest BCUT2D eigenvalue weighted by Crippen LogP contribution is 2.33. The van der Waals surface area contributed by atoms with Crippen LogP contribution in [0.4, 0.5) is 18.9 Å². The first-order valence-corrected chi connectivity index (χ1v) is 6.63. The predicted molar refractivity (Wildman–Crippen MR) is 71.3 cm³/mol. The Balaban J connectivity index is 2.30. The van der Waals surface area contributed by atoms with Gasteiger partial charge in [-0.1, -0.05) is 17.7 Å². The van der Waals surface area contributed by atoms with Crippen LogP contribution < -0.4 is 5.32 Å². The number of thiazole rings is 1. The van der Waals surface area contributed by atoms with Crippen molar-refractivity contribution < 1.29 is 18.0 Å². The molecule has 0 saturated carbocycles. The van der Waals surface area contributed by atoms with Gasteiger partial charge in [0.05, 0.1) is 5.51 Å². The highest BCUT2D eigenvalue weighted by atomic mass is 35.5. The first-order chi connectivity index (χ1) is 9.30. The summed E-state index contributed by atoms with van der Waals surface area (Å²) in [7, 11) is 0. The average Bonchev–Trinajstić information content (AvgIpc) is 2.84. The van der Waals surface area contributed by atoms with Crippen molar-refractivity contribution in [3.05, 3.63) is 44.9 Å². The molecule has 0 unspecified atom stereocenters. The molecule has 0 radical (unpaired) electrons. The monoisotopic (exact) mass is 320 g/mol. The molecule has 8 heteroatoms. The maximum absolute atomic E-state index is 12.7. The lowest BCUT2D eigenvalue weighted by Crippen LogP contribution is -2.17. The summed E-state index contributed by atoms with van der Waals surface area (Å²) in [6.07, 6.45) is -4.66. The van der Waals surface area contributed by atoms with Gasteiger partial charge in [-0.3, -0.25) is 4.79 Å². The summed E-state index contributed by atoms with van der Waals surface area (Å²) in [6.45, 7) is 1.66. The fraction of sp³-hybridized carbons (Fsp3) is 0.167. The second kappa shape index (κ2) is 5.41. The van der Waals surface area contributed by atoms with Crippen molar-refractivity contribution in [1.82, 2.24) is 4.98 Å². The van der Waals surface area contributed by atoms with Crippen molar-refractivity contribution in [2.75, 3.05) is 5.32 Å². The summed E-state index contributed by atoms with van der Waals surface area (Å²) >= 11 is 6.52. The number of anilines is 1. The molecule has 0 aliphatic rings. The van der Waals surface area contributed by atoms with E-state index in [0.717, 1.165) is 5.51 Å². The van der Waals surface area contributed by atoms with Crippen molar-refractivity contribution in [2.24, 2.45) is 0 Å². The molecular formula is C12H8ClF3N2OS. The van der Waals surface area contributed by atoms with Crippen LogP contribution in [0.3, 0.4) is 0 Å². The number of nitrogens with one attached hydrogen (secondary N) is 1. The maximum atomic E-state index is 12.7. The number of nitrogens with zero attached hydrogens (tertiary/aromatic N) is 1. The predicted octanol–water partition coefficient (Wildman–Crippen LogP) is 4.38. The van der Waals surface area contributed by atoms with Crippen molar-refractivity contribution in [2.45, 2.75) is 13.1 Å². The lowest BCUT2D eigenvalue weighted by Gasteiger charge is -2.10. The number of carbonyl (C=O) groups is 1. The van der Waals surface area contributed by atoms with Crippen LogP contribution in [0.15, 0.2) is 23.7 Å². The van der Waals surface area contributed by atoms with Crippen LogP contribution in [0, 0.1) is 6.92 Å². The minimum absolute atomic E-state index is 0.365. The fourth-order valence-corrected chi connectivity index (χ4v) is 2.41. The number of carbonyl (C=O) groups excluding carboxylic acids is 1. The van der Waals surface area contributed by atoms with E-state index in [2.05, 4.69) is 10.3 Å². The number of rotatable bonds is 2. The number of amides is 1. The zero-order chi connectivity index (χ0) is 14.9. The van der Waals surface area contributed by atoms with Crippen LogP contribution in [0.1, 0.15) is 20.9 Å². The van der Waals surface area contributed by atoms with E-state index >= 15 is 0 Å². The Bertz CT molecular complexity index is 654. The Labute approximate surface area is 121 Å². The summed E-state index contributed by atoms with van der Waals surface area (Å²) in [4.78, 5) is 14.6. The van der Waals surface area contributed by atoms with Gasteiger partial charge in [0.1, 0.15) is 4.88 Å². The van der Waals surface area contributed by atoms with Crippen molar-refractivity contribution in [3.8, 4) is 0 Å². The van der Waals surface area contributed by atoms with Crippen molar-refractivity contribution in [1.29, 1.82) is 0 Å². The van der Waals surface area contributed by atoms with Crippen molar-refractivity contribution in [3.63, 3.8) is 0 Å². The van der Waals surface area contributed by atoms with E-state index in [1.807, 2.05) is 0 Å². The summed E-state index contributed by atoms with van der Waals surface area (Å²) in [5, 5.41) is 2.83. The SMILES string of the molecule is Cc1c(Cl)cccc1NC(=O)c1scnc1C(F)(F)F. The molecule has 3 nitrogen and oxygen atoms in total. The Morgan fingerprint density at radius 2 is 2.10 bits per heavy atom. The Kier molecular flexibility index (Phi) is 4.01. The van der Waals surface area contributed by atoms with Gasteiger partial charge in [0.15, 0.2) is 5.69 Å². The summed E-state index contributed by atoms with van der Waals surface area (Å²) in [6, 6.07) is 4.79. The number of alkyl halides is 3. The topological polar surface area (TPSA) is 42.0 Å². The second-order valence-corrected chi connectivity index (χ2v) is 5.16. The number of aromatic nitrogens is 1. The molecule has 2 rings (SSSR count). The highest BCUT2D eigenvalue weighted by molar-refractivity contribution is 7.12. The minimum Gasteiger partial charge on any atom is -0.321 e. The number of hydrogen-bond acceptors (Lipinski definition) is 3. The minimum atomic E-state index is -4.66. The van der Waals surface area contributed by atoms with Gasteiger partial charge in [-0.15, -0.1) is 11.3 Å². The smallest absolute Gasteiger partial charge is 0.321 e. The van der Waals surface area contributed by atoms with Crippen molar-refractivity contribution >= 4 is 34.5 Å². The van der Waals surface area contributed by atoms with Gasteiger partial charge >= 0.3 is 6.18 Å². The molecule has 0 bridgehead atoms. The quantitative estimate of drug-likeness (QED) is 0.892. The number of halogens is 4. The fourth-order valence-electron chi connectivity index (χ4n) is 1.53. The van der Waals surface area contributed by atoms with Gasteiger partial charge in [-0.25, -0.2) is 4.98 Å². The molecular weight excluding hydrogens is 313 g/mol. The third-order valence-electron chi connectivity index (χ3n) is 2.56. The first kappa shape index (κ1) is 14.8. The third-order valence-corrected chi connectivity index (χ3v) is 3.79. The van der Waals surface area contributed by atoms with Crippen LogP contribution in [0.25, 0.3) is 0 Å². The molecule has 0 aliphatic heterocycles. The maximum Gasteiger partial charge on any atom is 0.434 e. The average molecular weight is 321 g/mol. The van der Waals surface area contributed by atoms with E-state index in [1.54, 1.807) is 25.1 Å². The summed E-state index contributed by atoms with van der Waals surface area (Å²) < 4.78 is 38.0. The van der Waals surface area contributed by atoms with E-state index in [1.165, 1.54) is 0 Å². The van der Waals surface area contributed by atoms with Gasteiger partial charge in [0.25, 0.3) is 5.91 Å². The van der Waals surface area contributed by atoms with E-state index in [4.69, 9.17) is 11.6 Å². The Hall–Kier alpha value is -1.60. The highest BCUT2D eigenvalue weighted by Gasteiger charge is 2.38. The normalized spacial score (nSPS) is 11.4. The molecule has 1 amide bonds. The van der Waals surface area contributed by atoms with Crippen LogP contribution in [0.5, 0.6) is 0 Å². The summed E-state index contributed by atoms with van der Waals surface area (Å²) in [5.74, 6) is -0.856. The van der Waals surface area contributed by atoms with Crippen LogP contribution in [-0.2, 0) is 6.18 Å². The Morgan fingerprint density at radius 3 is 2.75 bits per heavy atom. The molecule has 2 aromatic rings. The van der Waals surface area contributed by atoms with Crippen LogP contribution in [-0.4, -0.2) is 10.9 Å². The standard InChI is InChI=1S/C12H8ClF3N2OS/c1-6-7(13)3-2-4-8(6)18-11(19)9-10(12(14,15)16)17-5-20-9/h2-5H,1H3,(H,18,19). The summed E-state index contributed by atoms with van der Waals surface area (Å²) in [5.41, 5.74) is 0.757. The largest absolute Gasteiger partial charge is 0.434 e. The van der Waals surface area contributed by atoms with E-state index in [-0.39, 0.29) is 0 Å². The van der Waals surface area contributed by atoms with Gasteiger partial charge in [0, 0.05) is 10.7 Å². The third kappa shape index (κ3) is 2.94. The molecule has 106 valence electrons. The zero-order valence-corrected chi connectivity index (χ0v) is 11.7. The molecule has 1 N–H and O–H groups in total. The molecule has 0 saturated heterocycles. The molecule has 20 heavy (non-hydrogen) atoms. The van der Waals surface area contributed by atoms with E-state index in [0.29, 0.717) is 27.6 Å². The second-order valence-electron chi connectivity index (χ2n) is 3.89. The van der Waals surface area contributed by atoms with Crippen LogP contribution >= 0.6 is 22.9 Å². The Morgan fingerprint density at radius 1 is 1.40 bits per heavy atom. The lowest BCUT2D eigenvalue weighted by atomic mass is 10.2. The number of hydrogen-bond donors (Lipinski definition) is 1. The molecule has 0 fully saturated rings. The molecule has 0 spiro atoms.